The lowest BCUT2D eigenvalue weighted by Crippen LogP contribution is -2.42. The molecule has 0 spiro atoms. The van der Waals surface area contributed by atoms with Crippen LogP contribution in [0.5, 0.6) is 5.75 Å². The van der Waals surface area contributed by atoms with Crippen LogP contribution in [0, 0.1) is 17.3 Å². The lowest BCUT2D eigenvalue weighted by molar-refractivity contribution is -0.129. The van der Waals surface area contributed by atoms with E-state index in [-0.39, 0.29) is 5.41 Å². The molecule has 0 unspecified atom stereocenters. The summed E-state index contributed by atoms with van der Waals surface area (Å²) in [5.41, 5.74) is 4.17. The van der Waals surface area contributed by atoms with Gasteiger partial charge in [0.05, 0.1) is 0 Å². The average Bonchev–Trinajstić information content (AvgIpc) is 3.01. The van der Waals surface area contributed by atoms with Crippen LogP contribution in [-0.4, -0.2) is 5.78 Å². The van der Waals surface area contributed by atoms with Crippen molar-refractivity contribution in [2.24, 2.45) is 17.3 Å². The highest BCUT2D eigenvalue weighted by Gasteiger charge is 2.54. The topological polar surface area (TPSA) is 26.3 Å². The average molecular weight is 360 g/mol. The molecule has 2 fully saturated rings. The normalized spacial score (nSPS) is 31.7. The van der Waals surface area contributed by atoms with Crippen LogP contribution in [0.3, 0.4) is 0 Å². The maximum atomic E-state index is 12.5. The van der Waals surface area contributed by atoms with Gasteiger partial charge in [0.15, 0.2) is 0 Å². The summed E-state index contributed by atoms with van der Waals surface area (Å²) in [6.45, 7) is 2.87. The summed E-state index contributed by atoms with van der Waals surface area (Å²) in [6, 6.07) is 17.1. The highest BCUT2D eigenvalue weighted by atomic mass is 16.5. The first-order valence-electron chi connectivity index (χ1n) is 10.5. The van der Waals surface area contributed by atoms with E-state index < -0.39 is 0 Å². The fourth-order valence-corrected chi connectivity index (χ4v) is 6.16. The summed E-state index contributed by atoms with van der Waals surface area (Å²) in [6.07, 6.45) is 6.52. The van der Waals surface area contributed by atoms with Gasteiger partial charge in [0.2, 0.25) is 0 Å². The molecular formula is C25H28O2. The summed E-state index contributed by atoms with van der Waals surface area (Å²) in [7, 11) is 0. The Hall–Kier alpha value is -2.09. The second-order valence-corrected chi connectivity index (χ2v) is 8.97. The zero-order chi connectivity index (χ0) is 18.4. The minimum atomic E-state index is -0.0304. The van der Waals surface area contributed by atoms with Gasteiger partial charge in [-0.25, -0.2) is 0 Å². The molecule has 3 aliphatic carbocycles. The maximum absolute atomic E-state index is 12.5. The second kappa shape index (κ2) is 6.51. The largest absolute Gasteiger partial charge is 0.489 e. The van der Waals surface area contributed by atoms with Gasteiger partial charge in [0.1, 0.15) is 18.1 Å². The Balaban J connectivity index is 1.35. The number of ether oxygens (including phenoxy) is 1. The smallest absolute Gasteiger partial charge is 0.139 e. The molecule has 140 valence electrons. The summed E-state index contributed by atoms with van der Waals surface area (Å²) >= 11 is 0. The summed E-state index contributed by atoms with van der Waals surface area (Å²) < 4.78 is 6.05. The van der Waals surface area contributed by atoms with Crippen molar-refractivity contribution < 1.29 is 9.53 Å². The van der Waals surface area contributed by atoms with E-state index in [0.29, 0.717) is 30.1 Å². The van der Waals surface area contributed by atoms with Gasteiger partial charge in [0.25, 0.3) is 0 Å². The minimum absolute atomic E-state index is 0.0304. The third-order valence-electron chi connectivity index (χ3n) is 7.66. The summed E-state index contributed by atoms with van der Waals surface area (Å²) in [5.74, 6) is 3.44. The van der Waals surface area contributed by atoms with E-state index in [9.17, 15) is 4.79 Å². The predicted octanol–water partition coefficient (Wildman–Crippen LogP) is 5.69. The highest BCUT2D eigenvalue weighted by molar-refractivity contribution is 5.87. The molecule has 0 amide bonds. The van der Waals surface area contributed by atoms with E-state index in [1.54, 1.807) is 0 Å². The minimum Gasteiger partial charge on any atom is -0.489 e. The standard InChI is InChI=1S/C25H28O2/c1-25-14-13-21-20-10-8-19(27-16-17-5-3-2-4-6-17)15-18(20)7-9-22(21)23(25)11-12-24(25)26/h2-6,8,10,15,21-23H,7,9,11-14,16H2,1H3/t21-,22+,23+,25-/m0/s1. The van der Waals surface area contributed by atoms with Crippen LogP contribution in [0.1, 0.15) is 61.6 Å². The SMILES string of the molecule is C[C@]12CC[C@H]3c4ccc(OCc5ccccc5)cc4CC[C@H]3[C@H]1CCC2=O. The predicted molar refractivity (Wildman–Crippen MR) is 107 cm³/mol. The number of carbonyl (C=O) groups is 1. The molecule has 4 atom stereocenters. The van der Waals surface area contributed by atoms with E-state index in [1.165, 1.54) is 29.5 Å². The molecule has 5 rings (SSSR count). The van der Waals surface area contributed by atoms with Crippen molar-refractivity contribution in [3.63, 3.8) is 0 Å². The third-order valence-corrected chi connectivity index (χ3v) is 7.66. The van der Waals surface area contributed by atoms with Crippen LogP contribution in [0.2, 0.25) is 0 Å². The van der Waals surface area contributed by atoms with Crippen LogP contribution in [-0.2, 0) is 17.8 Å². The van der Waals surface area contributed by atoms with Crippen molar-refractivity contribution in [2.45, 2.75) is 58.0 Å². The lowest BCUT2D eigenvalue weighted by atomic mass is 9.55. The number of fused-ring (bicyclic) bond motifs is 5. The fraction of sp³-hybridized carbons (Fsp3) is 0.480. The molecule has 0 saturated heterocycles. The molecule has 2 heteroatoms. The van der Waals surface area contributed by atoms with Gasteiger partial charge >= 0.3 is 0 Å². The van der Waals surface area contributed by atoms with Gasteiger partial charge in [0, 0.05) is 11.8 Å². The van der Waals surface area contributed by atoms with Crippen molar-refractivity contribution in [1.82, 2.24) is 0 Å². The Morgan fingerprint density at radius 1 is 1.04 bits per heavy atom. The number of rotatable bonds is 3. The monoisotopic (exact) mass is 360 g/mol. The fourth-order valence-electron chi connectivity index (χ4n) is 6.16. The molecule has 0 bridgehead atoms. The molecule has 0 aliphatic heterocycles. The lowest BCUT2D eigenvalue weighted by Gasteiger charge is -2.48. The number of hydrogen-bond acceptors (Lipinski definition) is 2. The number of Topliss-reactive ketones (excluding diaryl/α,β-unsaturated/α-hetero) is 1. The molecule has 2 aromatic rings. The third kappa shape index (κ3) is 2.81. The van der Waals surface area contributed by atoms with Crippen LogP contribution in [0.4, 0.5) is 0 Å². The molecule has 2 nitrogen and oxygen atoms in total. The summed E-state index contributed by atoms with van der Waals surface area (Å²) in [4.78, 5) is 12.5. The molecule has 0 aromatic heterocycles. The zero-order valence-corrected chi connectivity index (χ0v) is 16.1. The van der Waals surface area contributed by atoms with E-state index >= 15 is 0 Å². The zero-order valence-electron chi connectivity index (χ0n) is 16.1. The number of aryl methyl sites for hydroxylation is 1. The van der Waals surface area contributed by atoms with E-state index in [1.807, 2.05) is 6.07 Å². The molecule has 0 heterocycles. The van der Waals surface area contributed by atoms with Gasteiger partial charge in [-0.05, 0) is 78.7 Å². The van der Waals surface area contributed by atoms with Crippen LogP contribution in [0.15, 0.2) is 48.5 Å². The van der Waals surface area contributed by atoms with Gasteiger partial charge < -0.3 is 4.74 Å². The number of hydrogen-bond donors (Lipinski definition) is 0. The highest BCUT2D eigenvalue weighted by Crippen LogP contribution is 2.59. The van der Waals surface area contributed by atoms with Crippen molar-refractivity contribution in [2.75, 3.05) is 0 Å². The molecule has 3 aliphatic rings. The first kappa shape index (κ1) is 17.0. The first-order chi connectivity index (χ1) is 13.1. The first-order valence-corrected chi connectivity index (χ1v) is 10.5. The van der Waals surface area contributed by atoms with E-state index in [0.717, 1.165) is 31.4 Å². The van der Waals surface area contributed by atoms with Crippen molar-refractivity contribution in [1.29, 1.82) is 0 Å². The molecule has 27 heavy (non-hydrogen) atoms. The van der Waals surface area contributed by atoms with E-state index in [2.05, 4.69) is 49.4 Å². The Morgan fingerprint density at radius 2 is 1.89 bits per heavy atom. The van der Waals surface area contributed by atoms with Gasteiger partial charge in [-0.1, -0.05) is 43.3 Å². The van der Waals surface area contributed by atoms with Crippen LogP contribution >= 0.6 is 0 Å². The quantitative estimate of drug-likeness (QED) is 0.703. The van der Waals surface area contributed by atoms with Gasteiger partial charge in [-0.2, -0.15) is 0 Å². The van der Waals surface area contributed by atoms with Crippen molar-refractivity contribution in [3.05, 3.63) is 65.2 Å². The Kier molecular flexibility index (Phi) is 4.11. The van der Waals surface area contributed by atoms with Crippen molar-refractivity contribution in [3.8, 4) is 5.75 Å². The molecule has 2 aromatic carbocycles. The maximum Gasteiger partial charge on any atom is 0.139 e. The number of carbonyl (C=O) groups excluding carboxylic acids is 1. The summed E-state index contributed by atoms with van der Waals surface area (Å²) in [5, 5.41) is 0. The molecule has 0 radical (unpaired) electrons. The molecule has 0 N–H and O–H groups in total. The molecular weight excluding hydrogens is 332 g/mol. The molecule has 2 saturated carbocycles. The Bertz CT molecular complexity index is 856. The second-order valence-electron chi connectivity index (χ2n) is 8.97. The van der Waals surface area contributed by atoms with Crippen molar-refractivity contribution >= 4 is 5.78 Å². The number of benzene rings is 2. The Morgan fingerprint density at radius 3 is 2.74 bits per heavy atom. The van der Waals surface area contributed by atoms with Crippen LogP contribution < -0.4 is 4.74 Å². The van der Waals surface area contributed by atoms with Gasteiger partial charge in [-0.3, -0.25) is 4.79 Å². The van der Waals surface area contributed by atoms with Gasteiger partial charge in [-0.15, -0.1) is 0 Å². The number of ketones is 1. The Labute approximate surface area is 161 Å². The van der Waals surface area contributed by atoms with E-state index in [4.69, 9.17) is 4.74 Å². The van der Waals surface area contributed by atoms with Crippen LogP contribution in [0.25, 0.3) is 0 Å².